The standard InChI is InChI=1S/C7H9F3N4/c1-14(4-7(8,9)10)6-3-2-5(11)12-13-6/h2-3H,4H2,1H3,(H2,11,12). The highest BCUT2D eigenvalue weighted by molar-refractivity contribution is 5.40. The van der Waals surface area contributed by atoms with E-state index < -0.39 is 12.7 Å². The number of rotatable bonds is 2. The molecule has 1 aromatic heterocycles. The molecule has 0 saturated carbocycles. The van der Waals surface area contributed by atoms with E-state index in [9.17, 15) is 13.2 Å². The van der Waals surface area contributed by atoms with Crippen molar-refractivity contribution < 1.29 is 13.2 Å². The van der Waals surface area contributed by atoms with Gasteiger partial charge in [0.15, 0.2) is 5.82 Å². The number of hydrogen-bond acceptors (Lipinski definition) is 4. The van der Waals surface area contributed by atoms with Crippen molar-refractivity contribution in [2.24, 2.45) is 0 Å². The highest BCUT2D eigenvalue weighted by atomic mass is 19.4. The van der Waals surface area contributed by atoms with Crippen molar-refractivity contribution in [1.29, 1.82) is 0 Å². The summed E-state index contributed by atoms with van der Waals surface area (Å²) in [5.74, 6) is 0.311. The molecule has 1 aromatic rings. The predicted octanol–water partition coefficient (Wildman–Crippen LogP) is 1.06. The number of halogens is 3. The topological polar surface area (TPSA) is 55.0 Å². The molecular formula is C7H9F3N4. The van der Waals surface area contributed by atoms with Crippen LogP contribution in [0, 0.1) is 0 Å². The Morgan fingerprint density at radius 1 is 1.36 bits per heavy atom. The minimum Gasteiger partial charge on any atom is -0.382 e. The van der Waals surface area contributed by atoms with Gasteiger partial charge in [0, 0.05) is 7.05 Å². The number of alkyl halides is 3. The Bertz CT molecular complexity index is 295. The number of nitrogens with zero attached hydrogens (tertiary/aromatic N) is 3. The Kier molecular flexibility index (Phi) is 2.78. The van der Waals surface area contributed by atoms with Crippen molar-refractivity contribution in [3.63, 3.8) is 0 Å². The molecule has 0 unspecified atom stereocenters. The Morgan fingerprint density at radius 3 is 2.43 bits per heavy atom. The number of nitrogen functional groups attached to an aromatic ring is 1. The van der Waals surface area contributed by atoms with E-state index in [0.29, 0.717) is 0 Å². The first-order valence-electron chi connectivity index (χ1n) is 3.75. The molecule has 2 N–H and O–H groups in total. The zero-order valence-electron chi connectivity index (χ0n) is 7.41. The quantitative estimate of drug-likeness (QED) is 0.786. The van der Waals surface area contributed by atoms with Crippen LogP contribution in [-0.4, -0.2) is 30.0 Å². The van der Waals surface area contributed by atoms with Gasteiger partial charge in [-0.2, -0.15) is 13.2 Å². The first-order valence-corrected chi connectivity index (χ1v) is 3.75. The molecule has 78 valence electrons. The SMILES string of the molecule is CN(CC(F)(F)F)c1ccc(N)nn1. The summed E-state index contributed by atoms with van der Waals surface area (Å²) >= 11 is 0. The lowest BCUT2D eigenvalue weighted by Gasteiger charge is -2.18. The molecule has 4 nitrogen and oxygen atoms in total. The van der Waals surface area contributed by atoms with E-state index in [0.717, 1.165) is 4.90 Å². The highest BCUT2D eigenvalue weighted by Crippen LogP contribution is 2.18. The first kappa shape index (κ1) is 10.6. The number of anilines is 2. The summed E-state index contributed by atoms with van der Waals surface area (Å²) in [7, 11) is 1.29. The molecule has 0 aliphatic carbocycles. The fourth-order valence-electron chi connectivity index (χ4n) is 0.889. The van der Waals surface area contributed by atoms with E-state index in [2.05, 4.69) is 10.2 Å². The van der Waals surface area contributed by atoms with Crippen LogP contribution in [0.5, 0.6) is 0 Å². The molecule has 0 atom stereocenters. The monoisotopic (exact) mass is 206 g/mol. The number of hydrogen-bond donors (Lipinski definition) is 1. The molecule has 7 heteroatoms. The summed E-state index contributed by atoms with van der Waals surface area (Å²) in [6.07, 6.45) is -4.25. The Labute approximate surface area is 78.5 Å². The van der Waals surface area contributed by atoms with E-state index in [-0.39, 0.29) is 11.6 Å². The van der Waals surface area contributed by atoms with E-state index in [1.54, 1.807) is 0 Å². The second-order valence-electron chi connectivity index (χ2n) is 2.79. The summed E-state index contributed by atoms with van der Waals surface area (Å²) in [6.45, 7) is -1.06. The molecular weight excluding hydrogens is 197 g/mol. The number of aromatic nitrogens is 2. The van der Waals surface area contributed by atoms with Crippen molar-refractivity contribution >= 4 is 11.6 Å². The molecule has 14 heavy (non-hydrogen) atoms. The Balaban J connectivity index is 2.70. The summed E-state index contributed by atoms with van der Waals surface area (Å²) in [6, 6.07) is 2.78. The van der Waals surface area contributed by atoms with Crippen LogP contribution in [0.25, 0.3) is 0 Å². The maximum Gasteiger partial charge on any atom is 0.405 e. The normalized spacial score (nSPS) is 11.4. The average Bonchev–Trinajstić information content (AvgIpc) is 2.02. The van der Waals surface area contributed by atoms with Crippen molar-refractivity contribution in [2.45, 2.75) is 6.18 Å². The number of nitrogens with two attached hydrogens (primary N) is 1. The van der Waals surface area contributed by atoms with Gasteiger partial charge in [-0.3, -0.25) is 0 Å². The van der Waals surface area contributed by atoms with Crippen molar-refractivity contribution in [3.8, 4) is 0 Å². The molecule has 0 aliphatic rings. The first-order chi connectivity index (χ1) is 6.38. The lowest BCUT2D eigenvalue weighted by Crippen LogP contribution is -2.31. The van der Waals surface area contributed by atoms with Crippen molar-refractivity contribution in [1.82, 2.24) is 10.2 Å². The highest BCUT2D eigenvalue weighted by Gasteiger charge is 2.29. The summed E-state index contributed by atoms with van der Waals surface area (Å²) in [4.78, 5) is 0.951. The predicted molar refractivity (Wildman–Crippen MR) is 45.8 cm³/mol. The van der Waals surface area contributed by atoms with Gasteiger partial charge in [0.2, 0.25) is 0 Å². The maximum atomic E-state index is 12.0. The molecule has 0 bridgehead atoms. The van der Waals surface area contributed by atoms with Crippen LogP contribution in [0.3, 0.4) is 0 Å². The van der Waals surface area contributed by atoms with Gasteiger partial charge in [-0.05, 0) is 12.1 Å². The minimum atomic E-state index is -4.25. The maximum absolute atomic E-state index is 12.0. The van der Waals surface area contributed by atoms with E-state index >= 15 is 0 Å². The van der Waals surface area contributed by atoms with Gasteiger partial charge in [-0.1, -0.05) is 0 Å². The van der Waals surface area contributed by atoms with Gasteiger partial charge >= 0.3 is 6.18 Å². The molecule has 1 heterocycles. The second kappa shape index (κ2) is 3.69. The van der Waals surface area contributed by atoms with Crippen LogP contribution >= 0.6 is 0 Å². The fourth-order valence-corrected chi connectivity index (χ4v) is 0.889. The molecule has 0 amide bonds. The Morgan fingerprint density at radius 2 is 2.00 bits per heavy atom. The van der Waals surface area contributed by atoms with Crippen LogP contribution in [0.4, 0.5) is 24.8 Å². The van der Waals surface area contributed by atoms with Gasteiger partial charge in [-0.15, -0.1) is 10.2 Å². The largest absolute Gasteiger partial charge is 0.405 e. The van der Waals surface area contributed by atoms with Crippen LogP contribution in [0.1, 0.15) is 0 Å². The minimum absolute atomic E-state index is 0.136. The van der Waals surface area contributed by atoms with Crippen LogP contribution in [-0.2, 0) is 0 Å². The Hall–Kier alpha value is -1.53. The lowest BCUT2D eigenvalue weighted by atomic mass is 10.4. The summed E-state index contributed by atoms with van der Waals surface area (Å²) in [5.41, 5.74) is 5.24. The van der Waals surface area contributed by atoms with Gasteiger partial charge in [0.05, 0.1) is 0 Å². The second-order valence-corrected chi connectivity index (χ2v) is 2.79. The lowest BCUT2D eigenvalue weighted by molar-refractivity contribution is -0.119. The van der Waals surface area contributed by atoms with E-state index in [1.807, 2.05) is 0 Å². The van der Waals surface area contributed by atoms with Gasteiger partial charge in [0.1, 0.15) is 12.4 Å². The third-order valence-electron chi connectivity index (χ3n) is 1.48. The summed E-state index contributed by atoms with van der Waals surface area (Å²) < 4.78 is 35.9. The van der Waals surface area contributed by atoms with Crippen LogP contribution in [0.2, 0.25) is 0 Å². The van der Waals surface area contributed by atoms with Crippen LogP contribution in [0.15, 0.2) is 12.1 Å². The van der Waals surface area contributed by atoms with Crippen LogP contribution < -0.4 is 10.6 Å². The van der Waals surface area contributed by atoms with Crippen molar-refractivity contribution in [2.75, 3.05) is 24.2 Å². The smallest absolute Gasteiger partial charge is 0.382 e. The third kappa shape index (κ3) is 3.08. The van der Waals surface area contributed by atoms with Gasteiger partial charge < -0.3 is 10.6 Å². The molecule has 0 fully saturated rings. The molecule has 0 aliphatic heterocycles. The molecule has 0 spiro atoms. The van der Waals surface area contributed by atoms with Crippen molar-refractivity contribution in [3.05, 3.63) is 12.1 Å². The zero-order chi connectivity index (χ0) is 10.8. The molecule has 0 radical (unpaired) electrons. The molecule has 0 aromatic carbocycles. The molecule has 0 saturated heterocycles. The average molecular weight is 206 g/mol. The fraction of sp³-hybridized carbons (Fsp3) is 0.429. The summed E-state index contributed by atoms with van der Waals surface area (Å²) in [5, 5.41) is 6.96. The van der Waals surface area contributed by atoms with E-state index in [4.69, 9.17) is 5.73 Å². The molecule has 1 rings (SSSR count). The van der Waals surface area contributed by atoms with Gasteiger partial charge in [0.25, 0.3) is 0 Å². The zero-order valence-corrected chi connectivity index (χ0v) is 7.41. The van der Waals surface area contributed by atoms with Gasteiger partial charge in [-0.25, -0.2) is 0 Å². The third-order valence-corrected chi connectivity index (χ3v) is 1.48. The van der Waals surface area contributed by atoms with E-state index in [1.165, 1.54) is 19.2 Å².